The fraction of sp³-hybridized carbons (Fsp3) is 0.958. The molecule has 33 heavy (non-hydrogen) atoms. The first-order valence-corrected chi connectivity index (χ1v) is 12.5. The van der Waals surface area contributed by atoms with E-state index in [9.17, 15) is 30.3 Å². The van der Waals surface area contributed by atoms with Gasteiger partial charge in [-0.1, -0.05) is 65.2 Å². The lowest BCUT2D eigenvalue weighted by Crippen LogP contribution is -2.59. The molecule has 5 N–H and O–H groups in total. The first-order valence-electron chi connectivity index (χ1n) is 12.5. The number of rotatable bonds is 18. The molecule has 0 saturated carbocycles. The molecule has 0 bridgehead atoms. The van der Waals surface area contributed by atoms with Crippen LogP contribution in [-0.4, -0.2) is 88.6 Å². The highest BCUT2D eigenvalue weighted by molar-refractivity contribution is 5.69. The second-order valence-corrected chi connectivity index (χ2v) is 9.26. The third-order valence-corrected chi connectivity index (χ3v) is 6.51. The maximum atomic E-state index is 12.1. The summed E-state index contributed by atoms with van der Waals surface area (Å²) < 4.78 is 16.3. The van der Waals surface area contributed by atoms with Crippen LogP contribution < -0.4 is 0 Å². The molecule has 1 aliphatic rings. The van der Waals surface area contributed by atoms with Crippen LogP contribution in [0.4, 0.5) is 0 Å². The number of unbranched alkanes of at least 4 members (excludes halogenated alkanes) is 8. The van der Waals surface area contributed by atoms with Crippen LogP contribution in [0.3, 0.4) is 0 Å². The van der Waals surface area contributed by atoms with Gasteiger partial charge >= 0.3 is 5.97 Å². The average molecular weight is 479 g/mol. The van der Waals surface area contributed by atoms with Crippen molar-refractivity contribution in [2.75, 3.05) is 26.4 Å². The predicted molar refractivity (Wildman–Crippen MR) is 122 cm³/mol. The number of hydrogen-bond acceptors (Lipinski definition) is 9. The summed E-state index contributed by atoms with van der Waals surface area (Å²) in [6, 6.07) is 0. The van der Waals surface area contributed by atoms with Crippen LogP contribution in [-0.2, 0) is 19.0 Å². The number of carbonyl (C=O) groups is 1. The van der Waals surface area contributed by atoms with Gasteiger partial charge in [-0.15, -0.1) is 0 Å². The Morgan fingerprint density at radius 2 is 1.45 bits per heavy atom. The SMILES string of the molecule is CCCCCCCCCCCC(=O)OCC(CC)(CO)CO[C@H]1O[C@H](CO)[C@@H](O)[C@H](O)[C@H]1O. The minimum Gasteiger partial charge on any atom is -0.465 e. The van der Waals surface area contributed by atoms with E-state index in [1.807, 2.05) is 6.92 Å². The van der Waals surface area contributed by atoms with E-state index in [4.69, 9.17) is 14.2 Å². The standard InChI is InChI=1S/C24H46O9/c1-3-5-6-7-8-9-10-11-12-13-19(27)31-16-24(4-2,15-26)17-32-23-22(30)21(29)20(28)18(14-25)33-23/h18,20-23,25-26,28-30H,3-17H2,1-2H3/t18-,20-,21+,22-,23+,24?/m1/s1. The van der Waals surface area contributed by atoms with E-state index in [0.717, 1.165) is 19.3 Å². The van der Waals surface area contributed by atoms with Crippen molar-refractivity contribution in [2.24, 2.45) is 5.41 Å². The van der Waals surface area contributed by atoms with E-state index in [2.05, 4.69) is 6.92 Å². The smallest absolute Gasteiger partial charge is 0.305 e. The molecule has 9 nitrogen and oxygen atoms in total. The Bertz CT molecular complexity index is 510. The summed E-state index contributed by atoms with van der Waals surface area (Å²) in [5.74, 6) is -0.322. The minimum atomic E-state index is -1.54. The summed E-state index contributed by atoms with van der Waals surface area (Å²) in [6.07, 6.45) is 4.29. The third kappa shape index (κ3) is 10.5. The largest absolute Gasteiger partial charge is 0.465 e. The van der Waals surface area contributed by atoms with Crippen molar-refractivity contribution in [3.8, 4) is 0 Å². The summed E-state index contributed by atoms with van der Waals surface area (Å²) in [7, 11) is 0. The Morgan fingerprint density at radius 3 is 2.00 bits per heavy atom. The summed E-state index contributed by atoms with van der Waals surface area (Å²) in [4.78, 5) is 12.1. The molecule has 1 aliphatic heterocycles. The number of aliphatic hydroxyl groups is 5. The van der Waals surface area contributed by atoms with E-state index in [1.54, 1.807) is 0 Å². The van der Waals surface area contributed by atoms with Gasteiger partial charge in [0.25, 0.3) is 0 Å². The number of aliphatic hydroxyl groups excluding tert-OH is 5. The molecule has 0 aliphatic carbocycles. The average Bonchev–Trinajstić information content (AvgIpc) is 2.83. The van der Waals surface area contributed by atoms with Crippen molar-refractivity contribution < 1.29 is 44.5 Å². The molecule has 9 heteroatoms. The van der Waals surface area contributed by atoms with Crippen molar-refractivity contribution >= 4 is 5.97 Å². The van der Waals surface area contributed by atoms with Crippen molar-refractivity contribution in [1.29, 1.82) is 0 Å². The van der Waals surface area contributed by atoms with E-state index in [-0.39, 0.29) is 25.8 Å². The van der Waals surface area contributed by atoms with Gasteiger partial charge in [0.05, 0.1) is 25.2 Å². The van der Waals surface area contributed by atoms with Crippen LogP contribution in [0.5, 0.6) is 0 Å². The Labute approximate surface area is 198 Å². The summed E-state index contributed by atoms with van der Waals surface area (Å²) >= 11 is 0. The highest BCUT2D eigenvalue weighted by atomic mass is 16.7. The molecule has 196 valence electrons. The molecule has 0 aromatic rings. The lowest BCUT2D eigenvalue weighted by Gasteiger charge is -2.41. The lowest BCUT2D eigenvalue weighted by atomic mass is 9.88. The van der Waals surface area contributed by atoms with Crippen LogP contribution >= 0.6 is 0 Å². The van der Waals surface area contributed by atoms with Crippen LogP contribution in [0.25, 0.3) is 0 Å². The maximum absolute atomic E-state index is 12.1. The Balaban J connectivity index is 2.36. The molecule has 1 heterocycles. The molecule has 0 radical (unpaired) electrons. The highest BCUT2D eigenvalue weighted by Crippen LogP contribution is 2.27. The number of ether oxygens (including phenoxy) is 3. The molecule has 1 unspecified atom stereocenters. The molecule has 0 amide bonds. The summed E-state index contributed by atoms with van der Waals surface area (Å²) in [5.41, 5.74) is -0.896. The Morgan fingerprint density at radius 1 is 0.848 bits per heavy atom. The molecule has 1 saturated heterocycles. The van der Waals surface area contributed by atoms with Gasteiger partial charge in [0.1, 0.15) is 31.0 Å². The second kappa shape index (κ2) is 16.8. The topological polar surface area (TPSA) is 146 Å². The molecule has 0 aromatic heterocycles. The first-order chi connectivity index (χ1) is 15.8. The van der Waals surface area contributed by atoms with Gasteiger partial charge < -0.3 is 39.7 Å². The fourth-order valence-corrected chi connectivity index (χ4v) is 3.80. The van der Waals surface area contributed by atoms with Crippen LogP contribution in [0, 0.1) is 5.41 Å². The van der Waals surface area contributed by atoms with Gasteiger partial charge in [-0.25, -0.2) is 0 Å². The summed E-state index contributed by atoms with van der Waals surface area (Å²) in [6.45, 7) is 3.01. The molecular formula is C24H46O9. The zero-order valence-electron chi connectivity index (χ0n) is 20.4. The Kier molecular flexibility index (Phi) is 15.3. The summed E-state index contributed by atoms with van der Waals surface area (Å²) in [5, 5.41) is 49.0. The van der Waals surface area contributed by atoms with E-state index in [1.165, 1.54) is 38.5 Å². The van der Waals surface area contributed by atoms with Crippen molar-refractivity contribution in [3.63, 3.8) is 0 Å². The normalized spacial score (nSPS) is 27.3. The van der Waals surface area contributed by atoms with Gasteiger partial charge in [-0.2, -0.15) is 0 Å². The van der Waals surface area contributed by atoms with E-state index in [0.29, 0.717) is 12.8 Å². The van der Waals surface area contributed by atoms with Crippen LogP contribution in [0.1, 0.15) is 84.5 Å². The lowest BCUT2D eigenvalue weighted by molar-refractivity contribution is -0.307. The van der Waals surface area contributed by atoms with Gasteiger partial charge in [0.15, 0.2) is 6.29 Å². The van der Waals surface area contributed by atoms with Crippen molar-refractivity contribution in [1.82, 2.24) is 0 Å². The molecule has 0 spiro atoms. The van der Waals surface area contributed by atoms with Crippen molar-refractivity contribution in [2.45, 2.75) is 115 Å². The molecule has 0 aromatic carbocycles. The monoisotopic (exact) mass is 478 g/mol. The van der Waals surface area contributed by atoms with Crippen LogP contribution in [0.2, 0.25) is 0 Å². The van der Waals surface area contributed by atoms with Gasteiger partial charge in [0, 0.05) is 6.42 Å². The van der Waals surface area contributed by atoms with E-state index >= 15 is 0 Å². The number of carbonyl (C=O) groups excluding carboxylic acids is 1. The minimum absolute atomic E-state index is 0.0479. The zero-order valence-corrected chi connectivity index (χ0v) is 20.4. The third-order valence-electron chi connectivity index (χ3n) is 6.51. The van der Waals surface area contributed by atoms with Gasteiger partial charge in [-0.05, 0) is 12.8 Å². The first kappa shape index (κ1) is 30.2. The molecule has 1 rings (SSSR count). The van der Waals surface area contributed by atoms with Crippen molar-refractivity contribution in [3.05, 3.63) is 0 Å². The zero-order chi connectivity index (χ0) is 24.7. The second-order valence-electron chi connectivity index (χ2n) is 9.26. The Hall–Kier alpha value is -0.810. The number of esters is 1. The molecular weight excluding hydrogens is 432 g/mol. The molecule has 6 atom stereocenters. The van der Waals surface area contributed by atoms with Gasteiger partial charge in [0.2, 0.25) is 0 Å². The van der Waals surface area contributed by atoms with Gasteiger partial charge in [-0.3, -0.25) is 4.79 Å². The fourth-order valence-electron chi connectivity index (χ4n) is 3.80. The predicted octanol–water partition coefficient (Wildman–Crippen LogP) is 1.66. The molecule has 1 fully saturated rings. The maximum Gasteiger partial charge on any atom is 0.305 e. The van der Waals surface area contributed by atoms with E-state index < -0.39 is 42.7 Å². The highest BCUT2D eigenvalue weighted by Gasteiger charge is 2.45. The quantitative estimate of drug-likeness (QED) is 0.147. The van der Waals surface area contributed by atoms with Crippen LogP contribution in [0.15, 0.2) is 0 Å². The number of hydrogen-bond donors (Lipinski definition) is 5.